The lowest BCUT2D eigenvalue weighted by Crippen LogP contribution is -2.47. The Hall–Kier alpha value is -0.780. The summed E-state index contributed by atoms with van der Waals surface area (Å²) in [6.07, 6.45) is 1.58. The summed E-state index contributed by atoms with van der Waals surface area (Å²) in [5.74, 6) is 0.504. The van der Waals surface area contributed by atoms with Gasteiger partial charge in [-0.1, -0.05) is 36.9 Å². The second-order valence-electron chi connectivity index (χ2n) is 6.87. The van der Waals surface area contributed by atoms with Crippen molar-refractivity contribution in [2.75, 3.05) is 26.2 Å². The van der Waals surface area contributed by atoms with Gasteiger partial charge in [0.15, 0.2) is 0 Å². The van der Waals surface area contributed by atoms with Gasteiger partial charge in [-0.2, -0.15) is 13.2 Å². The van der Waals surface area contributed by atoms with E-state index < -0.39 is 11.7 Å². The van der Waals surface area contributed by atoms with Crippen molar-refractivity contribution in [3.63, 3.8) is 0 Å². The molecule has 2 fully saturated rings. The van der Waals surface area contributed by atoms with Crippen molar-refractivity contribution in [1.82, 2.24) is 10.2 Å². The van der Waals surface area contributed by atoms with Crippen LogP contribution in [0.5, 0.6) is 0 Å². The van der Waals surface area contributed by atoms with Gasteiger partial charge >= 0.3 is 6.18 Å². The number of alkyl halides is 3. The minimum Gasteiger partial charge on any atom is -0.314 e. The number of nitrogens with one attached hydrogen (secondary N) is 1. The van der Waals surface area contributed by atoms with E-state index in [9.17, 15) is 13.2 Å². The van der Waals surface area contributed by atoms with Crippen LogP contribution in [0.4, 0.5) is 13.2 Å². The van der Waals surface area contributed by atoms with E-state index >= 15 is 0 Å². The molecule has 3 rings (SSSR count). The highest BCUT2D eigenvalue weighted by atomic mass is 35.5. The SMILES string of the molecule is FC(F)(F)c1ccc([C@@H](C2CCCCC2)N2CCNCC2)cc1Cl. The number of hydrogen-bond acceptors (Lipinski definition) is 2. The Bertz CT molecular complexity index is 532. The van der Waals surface area contributed by atoms with Crippen molar-refractivity contribution in [3.05, 3.63) is 34.3 Å². The summed E-state index contributed by atoms with van der Waals surface area (Å²) in [6.45, 7) is 3.72. The number of halogens is 4. The van der Waals surface area contributed by atoms with E-state index in [1.54, 1.807) is 12.1 Å². The van der Waals surface area contributed by atoms with Crippen LogP contribution in [0.15, 0.2) is 18.2 Å². The van der Waals surface area contributed by atoms with Crippen LogP contribution < -0.4 is 5.32 Å². The largest absolute Gasteiger partial charge is 0.417 e. The molecule has 0 amide bonds. The Morgan fingerprint density at radius 2 is 1.75 bits per heavy atom. The molecule has 1 aliphatic carbocycles. The van der Waals surface area contributed by atoms with Crippen molar-refractivity contribution in [2.24, 2.45) is 5.92 Å². The first kappa shape index (κ1) is 18.0. The first-order valence-electron chi connectivity index (χ1n) is 8.78. The van der Waals surface area contributed by atoms with Gasteiger partial charge in [0.25, 0.3) is 0 Å². The Kier molecular flexibility index (Phi) is 5.73. The maximum absolute atomic E-state index is 13.0. The number of hydrogen-bond donors (Lipinski definition) is 1. The number of rotatable bonds is 3. The first-order chi connectivity index (χ1) is 11.5. The maximum atomic E-state index is 13.0. The van der Waals surface area contributed by atoms with Crippen LogP contribution in [-0.2, 0) is 6.18 Å². The van der Waals surface area contributed by atoms with E-state index in [1.165, 1.54) is 19.3 Å². The molecule has 1 saturated carbocycles. The summed E-state index contributed by atoms with van der Waals surface area (Å²) in [6, 6.07) is 4.50. The molecule has 2 nitrogen and oxygen atoms in total. The Labute approximate surface area is 146 Å². The highest BCUT2D eigenvalue weighted by Crippen LogP contribution is 2.41. The molecule has 1 atom stereocenters. The molecule has 1 saturated heterocycles. The molecular formula is C18H24ClF3N2. The molecule has 6 heteroatoms. The number of piperazine rings is 1. The van der Waals surface area contributed by atoms with Crippen LogP contribution in [-0.4, -0.2) is 31.1 Å². The summed E-state index contributed by atoms with van der Waals surface area (Å²) in [4.78, 5) is 2.42. The smallest absolute Gasteiger partial charge is 0.314 e. The fourth-order valence-corrected chi connectivity index (χ4v) is 4.43. The average Bonchev–Trinajstić information content (AvgIpc) is 2.56. The van der Waals surface area contributed by atoms with Crippen LogP contribution in [0.1, 0.15) is 49.3 Å². The molecule has 1 heterocycles. The fraction of sp³-hybridized carbons (Fsp3) is 0.667. The Morgan fingerprint density at radius 1 is 1.08 bits per heavy atom. The second-order valence-corrected chi connectivity index (χ2v) is 7.27. The van der Waals surface area contributed by atoms with Gasteiger partial charge in [-0.15, -0.1) is 0 Å². The zero-order valence-corrected chi connectivity index (χ0v) is 14.5. The lowest BCUT2D eigenvalue weighted by Gasteiger charge is -2.41. The lowest BCUT2D eigenvalue weighted by atomic mass is 9.80. The Balaban J connectivity index is 1.90. The van der Waals surface area contributed by atoms with Gasteiger partial charge < -0.3 is 5.32 Å². The van der Waals surface area contributed by atoms with E-state index in [0.29, 0.717) is 5.92 Å². The molecule has 0 bridgehead atoms. The van der Waals surface area contributed by atoms with Crippen LogP contribution in [0.3, 0.4) is 0 Å². The van der Waals surface area contributed by atoms with Crippen LogP contribution in [0, 0.1) is 5.92 Å². The molecule has 0 unspecified atom stereocenters. The molecule has 1 N–H and O–H groups in total. The van der Waals surface area contributed by atoms with E-state index in [4.69, 9.17) is 11.6 Å². The zero-order chi connectivity index (χ0) is 17.2. The molecular weight excluding hydrogens is 337 g/mol. The third-order valence-corrected chi connectivity index (χ3v) is 5.59. The topological polar surface area (TPSA) is 15.3 Å². The van der Waals surface area contributed by atoms with E-state index in [2.05, 4.69) is 10.2 Å². The Morgan fingerprint density at radius 3 is 2.33 bits per heavy atom. The van der Waals surface area contributed by atoms with Crippen molar-refractivity contribution >= 4 is 11.6 Å². The normalized spacial score (nSPS) is 22.5. The highest BCUT2D eigenvalue weighted by molar-refractivity contribution is 6.31. The monoisotopic (exact) mass is 360 g/mol. The highest BCUT2D eigenvalue weighted by Gasteiger charge is 2.35. The second kappa shape index (κ2) is 7.63. The molecule has 1 aliphatic heterocycles. The van der Waals surface area contributed by atoms with Crippen LogP contribution in [0.25, 0.3) is 0 Å². The van der Waals surface area contributed by atoms with E-state index in [0.717, 1.165) is 50.7 Å². The lowest BCUT2D eigenvalue weighted by molar-refractivity contribution is -0.137. The van der Waals surface area contributed by atoms with Gasteiger partial charge in [0, 0.05) is 32.2 Å². The summed E-state index contributed by atoms with van der Waals surface area (Å²) in [5.41, 5.74) is 0.192. The molecule has 0 aromatic heterocycles. The van der Waals surface area contributed by atoms with Crippen LogP contribution in [0.2, 0.25) is 5.02 Å². The molecule has 2 aliphatic rings. The standard InChI is InChI=1S/C18H24ClF3N2/c19-16-12-14(6-7-15(16)18(20,21)22)17(13-4-2-1-3-5-13)24-10-8-23-9-11-24/h6-7,12-13,17,23H,1-5,8-11H2/t17-/m1/s1. The van der Waals surface area contributed by atoms with Gasteiger partial charge in [-0.05, 0) is 36.5 Å². The summed E-state index contributed by atoms with van der Waals surface area (Å²) in [7, 11) is 0. The van der Waals surface area contributed by atoms with Gasteiger partial charge in [0.1, 0.15) is 0 Å². The van der Waals surface area contributed by atoms with Crippen molar-refractivity contribution in [3.8, 4) is 0 Å². The van der Waals surface area contributed by atoms with Crippen LogP contribution >= 0.6 is 11.6 Å². The quantitative estimate of drug-likeness (QED) is 0.826. The fourth-order valence-electron chi connectivity index (χ4n) is 4.14. The zero-order valence-electron chi connectivity index (χ0n) is 13.7. The number of nitrogens with zero attached hydrogens (tertiary/aromatic N) is 1. The van der Waals surface area contributed by atoms with Crippen molar-refractivity contribution in [1.29, 1.82) is 0 Å². The number of benzene rings is 1. The summed E-state index contributed by atoms with van der Waals surface area (Å²) in [5, 5.41) is 3.16. The predicted octanol–water partition coefficient (Wildman–Crippen LogP) is 4.89. The molecule has 1 aromatic carbocycles. The minimum atomic E-state index is -4.40. The molecule has 0 radical (unpaired) electrons. The van der Waals surface area contributed by atoms with Crippen molar-refractivity contribution in [2.45, 2.75) is 44.3 Å². The minimum absolute atomic E-state index is 0.173. The summed E-state index contributed by atoms with van der Waals surface area (Å²) < 4.78 is 39.0. The van der Waals surface area contributed by atoms with Gasteiger partial charge in [0.2, 0.25) is 0 Å². The maximum Gasteiger partial charge on any atom is 0.417 e. The third-order valence-electron chi connectivity index (χ3n) is 5.28. The predicted molar refractivity (Wildman–Crippen MR) is 90.2 cm³/mol. The van der Waals surface area contributed by atoms with Crippen molar-refractivity contribution < 1.29 is 13.2 Å². The van der Waals surface area contributed by atoms with Gasteiger partial charge in [0.05, 0.1) is 10.6 Å². The molecule has 134 valence electrons. The molecule has 1 aromatic rings. The third kappa shape index (κ3) is 4.06. The van der Waals surface area contributed by atoms with E-state index in [-0.39, 0.29) is 11.1 Å². The molecule has 0 spiro atoms. The van der Waals surface area contributed by atoms with E-state index in [1.807, 2.05) is 0 Å². The molecule has 24 heavy (non-hydrogen) atoms. The van der Waals surface area contributed by atoms with Gasteiger partial charge in [-0.25, -0.2) is 0 Å². The summed E-state index contributed by atoms with van der Waals surface area (Å²) >= 11 is 5.99. The van der Waals surface area contributed by atoms with Gasteiger partial charge in [-0.3, -0.25) is 4.90 Å². The average molecular weight is 361 g/mol. The first-order valence-corrected chi connectivity index (χ1v) is 9.16.